The Labute approximate surface area is 123 Å². The number of hydrogen-bond donors (Lipinski definition) is 1. The van der Waals surface area contributed by atoms with E-state index in [1.54, 1.807) is 26.4 Å². The SMILES string of the molecule is COc1ccc(C(O)Cc2cccc(Cl)c2)cc1OC. The molecule has 0 fully saturated rings. The molecule has 0 spiro atoms. The number of aliphatic hydroxyl groups is 1. The third kappa shape index (κ3) is 3.44. The van der Waals surface area contributed by atoms with E-state index in [9.17, 15) is 5.11 Å². The highest BCUT2D eigenvalue weighted by Gasteiger charge is 2.12. The Morgan fingerprint density at radius 2 is 1.80 bits per heavy atom. The van der Waals surface area contributed by atoms with Gasteiger partial charge in [-0.2, -0.15) is 0 Å². The van der Waals surface area contributed by atoms with E-state index in [4.69, 9.17) is 21.1 Å². The molecule has 106 valence electrons. The van der Waals surface area contributed by atoms with Crippen LogP contribution in [0.5, 0.6) is 11.5 Å². The van der Waals surface area contributed by atoms with Gasteiger partial charge >= 0.3 is 0 Å². The van der Waals surface area contributed by atoms with Crippen LogP contribution in [0, 0.1) is 0 Å². The summed E-state index contributed by atoms with van der Waals surface area (Å²) in [5.41, 5.74) is 1.77. The van der Waals surface area contributed by atoms with Gasteiger partial charge in [-0.15, -0.1) is 0 Å². The molecule has 0 aromatic heterocycles. The Kier molecular flexibility index (Phi) is 4.88. The first-order valence-electron chi connectivity index (χ1n) is 6.28. The summed E-state index contributed by atoms with van der Waals surface area (Å²) in [7, 11) is 3.16. The zero-order valence-electron chi connectivity index (χ0n) is 11.5. The van der Waals surface area contributed by atoms with Crippen molar-refractivity contribution in [1.29, 1.82) is 0 Å². The number of halogens is 1. The lowest BCUT2D eigenvalue weighted by molar-refractivity contribution is 0.178. The van der Waals surface area contributed by atoms with Gasteiger partial charge in [-0.05, 0) is 35.4 Å². The molecule has 0 aliphatic heterocycles. The number of methoxy groups -OCH3 is 2. The molecule has 0 aliphatic rings. The molecule has 1 unspecified atom stereocenters. The van der Waals surface area contributed by atoms with Gasteiger partial charge in [-0.25, -0.2) is 0 Å². The van der Waals surface area contributed by atoms with Crippen LogP contribution >= 0.6 is 11.6 Å². The summed E-state index contributed by atoms with van der Waals surface area (Å²) in [4.78, 5) is 0. The van der Waals surface area contributed by atoms with E-state index in [1.165, 1.54) is 0 Å². The fraction of sp³-hybridized carbons (Fsp3) is 0.250. The molecule has 0 amide bonds. The Morgan fingerprint density at radius 3 is 2.45 bits per heavy atom. The van der Waals surface area contributed by atoms with Crippen LogP contribution in [0.4, 0.5) is 0 Å². The molecule has 0 saturated carbocycles. The molecule has 4 heteroatoms. The van der Waals surface area contributed by atoms with Crippen molar-refractivity contribution in [3.8, 4) is 11.5 Å². The van der Waals surface area contributed by atoms with Crippen molar-refractivity contribution in [2.75, 3.05) is 14.2 Å². The summed E-state index contributed by atoms with van der Waals surface area (Å²) >= 11 is 5.94. The fourth-order valence-corrected chi connectivity index (χ4v) is 2.28. The van der Waals surface area contributed by atoms with Crippen LogP contribution in [0.15, 0.2) is 42.5 Å². The topological polar surface area (TPSA) is 38.7 Å². The predicted octanol–water partition coefficient (Wildman–Crippen LogP) is 3.63. The number of rotatable bonds is 5. The van der Waals surface area contributed by atoms with Gasteiger partial charge in [0.1, 0.15) is 0 Å². The molecule has 0 aliphatic carbocycles. The van der Waals surface area contributed by atoms with E-state index in [-0.39, 0.29) is 0 Å². The van der Waals surface area contributed by atoms with E-state index in [1.807, 2.05) is 30.3 Å². The first-order chi connectivity index (χ1) is 9.63. The van der Waals surface area contributed by atoms with Gasteiger partial charge in [0.15, 0.2) is 11.5 Å². The predicted molar refractivity (Wildman–Crippen MR) is 79.7 cm³/mol. The molecule has 1 atom stereocenters. The van der Waals surface area contributed by atoms with Crippen LogP contribution < -0.4 is 9.47 Å². The molecule has 1 N–H and O–H groups in total. The minimum Gasteiger partial charge on any atom is -0.493 e. The highest BCUT2D eigenvalue weighted by atomic mass is 35.5. The third-order valence-electron chi connectivity index (χ3n) is 3.11. The summed E-state index contributed by atoms with van der Waals surface area (Å²) in [6.07, 6.45) is -0.121. The van der Waals surface area contributed by atoms with Gasteiger partial charge in [0.05, 0.1) is 20.3 Å². The number of ether oxygens (including phenoxy) is 2. The average molecular weight is 293 g/mol. The third-order valence-corrected chi connectivity index (χ3v) is 3.35. The molecule has 0 saturated heterocycles. The Morgan fingerprint density at radius 1 is 1.05 bits per heavy atom. The second-order valence-electron chi connectivity index (χ2n) is 4.46. The smallest absolute Gasteiger partial charge is 0.161 e. The maximum Gasteiger partial charge on any atom is 0.161 e. The largest absolute Gasteiger partial charge is 0.493 e. The Bertz CT molecular complexity index is 584. The minimum atomic E-state index is -0.617. The summed E-state index contributed by atoms with van der Waals surface area (Å²) in [5, 5.41) is 11.0. The first kappa shape index (κ1) is 14.7. The molecule has 3 nitrogen and oxygen atoms in total. The van der Waals surface area contributed by atoms with Crippen molar-refractivity contribution < 1.29 is 14.6 Å². The van der Waals surface area contributed by atoms with E-state index < -0.39 is 6.10 Å². The number of benzene rings is 2. The zero-order chi connectivity index (χ0) is 14.5. The molecule has 2 aromatic carbocycles. The van der Waals surface area contributed by atoms with Crippen molar-refractivity contribution in [2.45, 2.75) is 12.5 Å². The average Bonchev–Trinajstić information content (AvgIpc) is 2.46. The highest BCUT2D eigenvalue weighted by molar-refractivity contribution is 6.30. The van der Waals surface area contributed by atoms with Gasteiger partial charge in [0.25, 0.3) is 0 Å². The summed E-state index contributed by atoms with van der Waals surface area (Å²) in [6, 6.07) is 12.9. The maximum atomic E-state index is 10.3. The molecular weight excluding hydrogens is 276 g/mol. The molecule has 20 heavy (non-hydrogen) atoms. The minimum absolute atomic E-state index is 0.496. The Balaban J connectivity index is 2.18. The lowest BCUT2D eigenvalue weighted by Gasteiger charge is -2.14. The van der Waals surface area contributed by atoms with Gasteiger partial charge in [-0.1, -0.05) is 29.8 Å². The van der Waals surface area contributed by atoms with Crippen LogP contribution in [0.3, 0.4) is 0 Å². The quantitative estimate of drug-likeness (QED) is 0.914. The summed E-state index contributed by atoms with van der Waals surface area (Å²) < 4.78 is 10.4. The lowest BCUT2D eigenvalue weighted by atomic mass is 10.0. The van der Waals surface area contributed by atoms with Crippen molar-refractivity contribution in [3.63, 3.8) is 0 Å². The number of aliphatic hydroxyl groups excluding tert-OH is 1. The molecule has 0 radical (unpaired) electrons. The van der Waals surface area contributed by atoms with Crippen LogP contribution in [-0.2, 0) is 6.42 Å². The molecule has 0 heterocycles. The normalized spacial score (nSPS) is 12.0. The number of hydrogen-bond acceptors (Lipinski definition) is 3. The summed E-state index contributed by atoms with van der Waals surface area (Å²) in [6.45, 7) is 0. The van der Waals surface area contributed by atoms with E-state index >= 15 is 0 Å². The van der Waals surface area contributed by atoms with Crippen molar-refractivity contribution in [2.24, 2.45) is 0 Å². The molecule has 0 bridgehead atoms. The van der Waals surface area contributed by atoms with Crippen LogP contribution in [-0.4, -0.2) is 19.3 Å². The maximum absolute atomic E-state index is 10.3. The van der Waals surface area contributed by atoms with E-state index in [0.29, 0.717) is 22.9 Å². The molecule has 2 rings (SSSR count). The lowest BCUT2D eigenvalue weighted by Crippen LogP contribution is -2.02. The van der Waals surface area contributed by atoms with Crippen molar-refractivity contribution >= 4 is 11.6 Å². The monoisotopic (exact) mass is 292 g/mol. The van der Waals surface area contributed by atoms with Gasteiger partial charge in [0, 0.05) is 11.4 Å². The van der Waals surface area contributed by atoms with Crippen LogP contribution in [0.1, 0.15) is 17.2 Å². The first-order valence-corrected chi connectivity index (χ1v) is 6.66. The van der Waals surface area contributed by atoms with Crippen molar-refractivity contribution in [1.82, 2.24) is 0 Å². The highest BCUT2D eigenvalue weighted by Crippen LogP contribution is 2.31. The second kappa shape index (κ2) is 6.64. The fourth-order valence-electron chi connectivity index (χ4n) is 2.07. The standard InChI is InChI=1S/C16H17ClO3/c1-19-15-7-6-12(10-16(15)20-2)14(18)9-11-4-3-5-13(17)8-11/h3-8,10,14,18H,9H2,1-2H3. The van der Waals surface area contributed by atoms with E-state index in [2.05, 4.69) is 0 Å². The summed E-state index contributed by atoms with van der Waals surface area (Å²) in [5.74, 6) is 1.25. The zero-order valence-corrected chi connectivity index (χ0v) is 12.2. The molecular formula is C16H17ClO3. The van der Waals surface area contributed by atoms with E-state index in [0.717, 1.165) is 11.1 Å². The van der Waals surface area contributed by atoms with Gasteiger partial charge in [-0.3, -0.25) is 0 Å². The molecule has 2 aromatic rings. The van der Waals surface area contributed by atoms with Crippen molar-refractivity contribution in [3.05, 3.63) is 58.6 Å². The van der Waals surface area contributed by atoms with Gasteiger partial charge < -0.3 is 14.6 Å². The second-order valence-corrected chi connectivity index (χ2v) is 4.90. The Hall–Kier alpha value is -1.71. The van der Waals surface area contributed by atoms with Gasteiger partial charge in [0.2, 0.25) is 0 Å². The van der Waals surface area contributed by atoms with Crippen LogP contribution in [0.25, 0.3) is 0 Å². The van der Waals surface area contributed by atoms with Crippen LogP contribution in [0.2, 0.25) is 5.02 Å².